The molecule has 4 heteroatoms. The van der Waals surface area contributed by atoms with Crippen molar-refractivity contribution in [2.75, 3.05) is 6.54 Å². The van der Waals surface area contributed by atoms with E-state index in [2.05, 4.69) is 36.7 Å². The molecule has 0 aromatic carbocycles. The van der Waals surface area contributed by atoms with Gasteiger partial charge in [0.2, 0.25) is 11.7 Å². The Hall–Kier alpha value is -0.950. The first-order valence-electron chi connectivity index (χ1n) is 5.53. The van der Waals surface area contributed by atoms with Gasteiger partial charge in [-0.1, -0.05) is 25.7 Å². The van der Waals surface area contributed by atoms with Gasteiger partial charge in [-0.05, 0) is 12.3 Å². The summed E-state index contributed by atoms with van der Waals surface area (Å²) in [6.07, 6.45) is 4.06. The van der Waals surface area contributed by atoms with Crippen molar-refractivity contribution in [3.05, 3.63) is 0 Å². The van der Waals surface area contributed by atoms with E-state index in [0.29, 0.717) is 0 Å². The quantitative estimate of drug-likeness (QED) is 0.321. The highest BCUT2D eigenvalue weighted by molar-refractivity contribution is 7.81. The van der Waals surface area contributed by atoms with E-state index in [1.165, 1.54) is 6.92 Å². The number of hydrogen-bond acceptors (Lipinski definition) is 3. The SMILES string of the molecule is CCCCCC#CC(=O)C(S)CNC(C)=O. The van der Waals surface area contributed by atoms with Crippen molar-refractivity contribution in [3.63, 3.8) is 0 Å². The summed E-state index contributed by atoms with van der Waals surface area (Å²) in [4.78, 5) is 22.0. The number of ketones is 1. The van der Waals surface area contributed by atoms with Gasteiger partial charge in [0.15, 0.2) is 0 Å². The van der Waals surface area contributed by atoms with Crippen LogP contribution in [-0.4, -0.2) is 23.5 Å². The molecule has 0 aromatic rings. The molecule has 0 aromatic heterocycles. The second-order valence-corrected chi connectivity index (χ2v) is 4.20. The first kappa shape index (κ1) is 15.0. The Balaban J connectivity index is 3.81. The first-order valence-corrected chi connectivity index (χ1v) is 6.04. The van der Waals surface area contributed by atoms with Crippen molar-refractivity contribution in [1.29, 1.82) is 0 Å². The highest BCUT2D eigenvalue weighted by Crippen LogP contribution is 1.98. The molecule has 1 amide bonds. The van der Waals surface area contributed by atoms with E-state index >= 15 is 0 Å². The average Bonchev–Trinajstić information content (AvgIpc) is 2.25. The van der Waals surface area contributed by atoms with Crippen LogP contribution in [0.4, 0.5) is 0 Å². The van der Waals surface area contributed by atoms with Gasteiger partial charge in [-0.2, -0.15) is 12.6 Å². The molecule has 90 valence electrons. The highest BCUT2D eigenvalue weighted by atomic mass is 32.1. The van der Waals surface area contributed by atoms with E-state index in [4.69, 9.17) is 0 Å². The molecule has 0 fully saturated rings. The van der Waals surface area contributed by atoms with Crippen molar-refractivity contribution in [3.8, 4) is 11.8 Å². The Bertz CT molecular complexity index is 291. The molecule has 0 aliphatic heterocycles. The molecule has 0 heterocycles. The summed E-state index contributed by atoms with van der Waals surface area (Å²) < 4.78 is 0. The van der Waals surface area contributed by atoms with Crippen molar-refractivity contribution in [1.82, 2.24) is 5.32 Å². The van der Waals surface area contributed by atoms with Gasteiger partial charge >= 0.3 is 0 Å². The van der Waals surface area contributed by atoms with Gasteiger partial charge in [0.05, 0.1) is 5.25 Å². The maximum atomic E-state index is 11.4. The zero-order chi connectivity index (χ0) is 12.4. The van der Waals surface area contributed by atoms with Crippen molar-refractivity contribution < 1.29 is 9.59 Å². The Morgan fingerprint density at radius 1 is 1.38 bits per heavy atom. The predicted octanol–water partition coefficient (Wildman–Crippen LogP) is 1.57. The summed E-state index contributed by atoms with van der Waals surface area (Å²) in [6, 6.07) is 0. The third-order valence-corrected chi connectivity index (χ3v) is 2.38. The number of hydrogen-bond donors (Lipinski definition) is 2. The lowest BCUT2D eigenvalue weighted by Crippen LogP contribution is -2.31. The molecular formula is C12H19NO2S. The summed E-state index contributed by atoms with van der Waals surface area (Å²) in [5.41, 5.74) is 0. The molecule has 0 aliphatic rings. The monoisotopic (exact) mass is 241 g/mol. The van der Waals surface area contributed by atoms with Crippen molar-refractivity contribution in [2.45, 2.75) is 44.8 Å². The molecule has 0 rings (SSSR count). The molecule has 1 unspecified atom stereocenters. The standard InChI is InChI=1S/C12H19NO2S/c1-3-4-5-6-7-8-11(15)12(16)9-13-10(2)14/h12,16H,3-6,9H2,1-2H3,(H,13,14). The van der Waals surface area contributed by atoms with Crippen LogP contribution in [0.3, 0.4) is 0 Å². The molecule has 0 spiro atoms. The van der Waals surface area contributed by atoms with Crippen LogP contribution < -0.4 is 5.32 Å². The molecule has 0 bridgehead atoms. The molecule has 0 aliphatic carbocycles. The predicted molar refractivity (Wildman–Crippen MR) is 68.4 cm³/mol. The molecule has 3 nitrogen and oxygen atoms in total. The molecule has 0 saturated heterocycles. The maximum Gasteiger partial charge on any atom is 0.219 e. The van der Waals surface area contributed by atoms with E-state index in [1.807, 2.05) is 0 Å². The van der Waals surface area contributed by atoms with Gasteiger partial charge in [0.1, 0.15) is 0 Å². The fourth-order valence-corrected chi connectivity index (χ4v) is 1.19. The van der Waals surface area contributed by atoms with Gasteiger partial charge in [-0.15, -0.1) is 0 Å². The zero-order valence-electron chi connectivity index (χ0n) is 9.88. The number of thiol groups is 1. The van der Waals surface area contributed by atoms with E-state index in [0.717, 1.165) is 25.7 Å². The van der Waals surface area contributed by atoms with E-state index in [1.54, 1.807) is 0 Å². The Morgan fingerprint density at radius 2 is 2.06 bits per heavy atom. The fraction of sp³-hybridized carbons (Fsp3) is 0.667. The molecular weight excluding hydrogens is 222 g/mol. The fourth-order valence-electron chi connectivity index (χ4n) is 1.03. The lowest BCUT2D eigenvalue weighted by molar-refractivity contribution is -0.119. The van der Waals surface area contributed by atoms with Crippen molar-refractivity contribution in [2.24, 2.45) is 0 Å². The molecule has 16 heavy (non-hydrogen) atoms. The highest BCUT2D eigenvalue weighted by Gasteiger charge is 2.10. The van der Waals surface area contributed by atoms with Crippen molar-refractivity contribution >= 4 is 24.3 Å². The van der Waals surface area contributed by atoms with E-state index in [9.17, 15) is 9.59 Å². The van der Waals surface area contributed by atoms with Crippen LogP contribution in [0.25, 0.3) is 0 Å². The lowest BCUT2D eigenvalue weighted by atomic mass is 10.2. The minimum Gasteiger partial charge on any atom is -0.355 e. The third kappa shape index (κ3) is 8.37. The number of carbonyl (C=O) groups excluding carboxylic acids is 2. The number of Topliss-reactive ketones (excluding diaryl/α,β-unsaturated/α-hetero) is 1. The normalized spacial score (nSPS) is 11.2. The summed E-state index contributed by atoms with van der Waals surface area (Å²) >= 11 is 4.08. The Labute approximate surface area is 103 Å². The van der Waals surface area contributed by atoms with Gasteiger partial charge < -0.3 is 5.32 Å². The number of amides is 1. The smallest absolute Gasteiger partial charge is 0.219 e. The summed E-state index contributed by atoms with van der Waals surface area (Å²) in [6.45, 7) is 3.76. The number of rotatable bonds is 6. The lowest BCUT2D eigenvalue weighted by Gasteiger charge is -2.05. The van der Waals surface area contributed by atoms with E-state index < -0.39 is 5.25 Å². The summed E-state index contributed by atoms with van der Waals surface area (Å²) in [7, 11) is 0. The minimum absolute atomic E-state index is 0.164. The number of unbranched alkanes of at least 4 members (excludes halogenated alkanes) is 3. The van der Waals surface area contributed by atoms with Gasteiger partial charge in [0.25, 0.3) is 0 Å². The first-order chi connectivity index (χ1) is 7.57. The van der Waals surface area contributed by atoms with Crippen LogP contribution >= 0.6 is 12.6 Å². The van der Waals surface area contributed by atoms with Crippen LogP contribution in [0.2, 0.25) is 0 Å². The minimum atomic E-state index is -0.525. The largest absolute Gasteiger partial charge is 0.355 e. The summed E-state index contributed by atoms with van der Waals surface area (Å²) in [5, 5.41) is 2.01. The third-order valence-electron chi connectivity index (χ3n) is 1.96. The van der Waals surface area contributed by atoms with Crippen LogP contribution in [0.15, 0.2) is 0 Å². The topological polar surface area (TPSA) is 46.2 Å². The van der Waals surface area contributed by atoms with Crippen LogP contribution in [0, 0.1) is 11.8 Å². The van der Waals surface area contributed by atoms with E-state index in [-0.39, 0.29) is 18.2 Å². The Kier molecular flexibility index (Phi) is 8.74. The summed E-state index contributed by atoms with van der Waals surface area (Å²) in [5.74, 6) is 4.98. The van der Waals surface area contributed by atoms with Crippen LogP contribution in [0.5, 0.6) is 0 Å². The number of nitrogens with one attached hydrogen (secondary N) is 1. The van der Waals surface area contributed by atoms with Gasteiger partial charge in [-0.25, -0.2) is 0 Å². The van der Waals surface area contributed by atoms with Crippen LogP contribution in [0.1, 0.15) is 39.5 Å². The second kappa shape index (κ2) is 9.29. The van der Waals surface area contributed by atoms with Crippen LogP contribution in [-0.2, 0) is 9.59 Å². The molecule has 0 radical (unpaired) electrons. The van der Waals surface area contributed by atoms with Gasteiger partial charge in [0, 0.05) is 19.9 Å². The Morgan fingerprint density at radius 3 is 2.62 bits per heavy atom. The van der Waals surface area contributed by atoms with Gasteiger partial charge in [-0.3, -0.25) is 9.59 Å². The zero-order valence-corrected chi connectivity index (χ0v) is 10.8. The molecule has 1 atom stereocenters. The molecule has 0 saturated carbocycles. The molecule has 1 N–H and O–H groups in total. The second-order valence-electron chi connectivity index (χ2n) is 3.58. The average molecular weight is 241 g/mol. The number of carbonyl (C=O) groups is 2. The maximum absolute atomic E-state index is 11.4.